The normalized spacial score (nSPS) is 14.2. The van der Waals surface area contributed by atoms with E-state index < -0.39 is 26.6 Å². The molecule has 0 saturated heterocycles. The fourth-order valence-electron chi connectivity index (χ4n) is 9.12. The van der Waals surface area contributed by atoms with Gasteiger partial charge in [0, 0.05) is 6.42 Å². The number of carbonyl (C=O) groups excluding carboxylic acids is 1. The molecule has 0 radical (unpaired) electrons. The highest BCUT2D eigenvalue weighted by atomic mass is 31.2. The van der Waals surface area contributed by atoms with Crippen LogP contribution in [0.5, 0.6) is 0 Å². The monoisotopic (exact) mass is 1030 g/mol. The zero-order valence-corrected chi connectivity index (χ0v) is 49.3. The quantitative estimate of drug-likeness (QED) is 0.0272. The molecule has 0 saturated carbocycles. The molecule has 0 aromatic rings. The molecule has 0 aromatic carbocycles. The maximum atomic E-state index is 13.0. The van der Waals surface area contributed by atoms with Crippen LogP contribution in [0.25, 0.3) is 0 Å². The van der Waals surface area contributed by atoms with E-state index in [1.165, 1.54) is 231 Å². The van der Waals surface area contributed by atoms with Crippen molar-refractivity contribution >= 4 is 13.7 Å². The molecule has 0 heterocycles. The van der Waals surface area contributed by atoms with E-state index in [4.69, 9.17) is 9.05 Å². The number of carbonyl (C=O) groups is 1. The smallest absolute Gasteiger partial charge is 0.268 e. The minimum absolute atomic E-state index is 0.00921. The van der Waals surface area contributed by atoms with Crippen LogP contribution in [0, 0.1) is 0 Å². The Morgan fingerprint density at radius 3 is 1.12 bits per heavy atom. The number of aliphatic hydroxyl groups excluding tert-OH is 1. The minimum Gasteiger partial charge on any atom is -0.756 e. The number of hydrogen-bond acceptors (Lipinski definition) is 6. The number of hydrogen-bond donors (Lipinski definition) is 2. The van der Waals surface area contributed by atoms with Crippen molar-refractivity contribution in [3.63, 3.8) is 0 Å². The van der Waals surface area contributed by atoms with Crippen molar-refractivity contribution in [1.82, 2.24) is 5.32 Å². The van der Waals surface area contributed by atoms with Gasteiger partial charge in [-0.2, -0.15) is 0 Å². The summed E-state index contributed by atoms with van der Waals surface area (Å²) in [4.78, 5) is 25.5. The van der Waals surface area contributed by atoms with E-state index in [2.05, 4.69) is 55.6 Å². The van der Waals surface area contributed by atoms with E-state index in [0.717, 1.165) is 44.9 Å². The summed E-state index contributed by atoms with van der Waals surface area (Å²) < 4.78 is 23.4. The molecular weight excluding hydrogens is 912 g/mol. The Morgan fingerprint density at radius 2 is 0.778 bits per heavy atom. The van der Waals surface area contributed by atoms with Gasteiger partial charge in [-0.25, -0.2) is 0 Å². The first kappa shape index (κ1) is 70.5. The summed E-state index contributed by atoms with van der Waals surface area (Å²) in [5.74, 6) is -0.209. The van der Waals surface area contributed by atoms with Gasteiger partial charge in [-0.05, 0) is 70.6 Å². The second-order valence-electron chi connectivity index (χ2n) is 22.4. The molecule has 0 fully saturated rings. The topological polar surface area (TPSA) is 108 Å². The SMILES string of the molecule is CCCCCCCCCC/C=C\CCCCCCCCCCCCCC(=O)NC(COP(=O)([O-])OCC[N+](C)(C)C)C(O)/C=C/CC/C=C/CC/C=C/CCCCCCCCCCCCCCCCCCC. The number of likely N-dealkylation sites (N-methyl/N-ethyl adjacent to an activating group) is 1. The van der Waals surface area contributed by atoms with Crippen LogP contribution in [0.15, 0.2) is 48.6 Å². The molecule has 72 heavy (non-hydrogen) atoms. The van der Waals surface area contributed by atoms with Crippen molar-refractivity contribution in [1.29, 1.82) is 0 Å². The minimum atomic E-state index is -4.61. The third-order valence-corrected chi connectivity index (χ3v) is 15.0. The van der Waals surface area contributed by atoms with Gasteiger partial charge in [0.05, 0.1) is 39.9 Å². The van der Waals surface area contributed by atoms with E-state index in [-0.39, 0.29) is 12.5 Å². The Balaban J connectivity index is 4.23. The summed E-state index contributed by atoms with van der Waals surface area (Å²) in [6.07, 6.45) is 72.1. The zero-order chi connectivity index (χ0) is 52.7. The summed E-state index contributed by atoms with van der Waals surface area (Å²) in [6.45, 7) is 4.66. The van der Waals surface area contributed by atoms with Gasteiger partial charge in [-0.1, -0.05) is 268 Å². The van der Waals surface area contributed by atoms with Gasteiger partial charge in [-0.15, -0.1) is 0 Å². The molecule has 0 aliphatic heterocycles. The summed E-state index contributed by atoms with van der Waals surface area (Å²) >= 11 is 0. The number of nitrogens with one attached hydrogen (secondary N) is 1. The predicted octanol–water partition coefficient (Wildman–Crippen LogP) is 18.5. The van der Waals surface area contributed by atoms with E-state index in [1.807, 2.05) is 27.2 Å². The van der Waals surface area contributed by atoms with Crippen LogP contribution in [0.1, 0.15) is 296 Å². The first-order valence-corrected chi connectivity index (χ1v) is 32.5. The van der Waals surface area contributed by atoms with Gasteiger partial charge in [0.2, 0.25) is 5.91 Å². The third kappa shape index (κ3) is 56.2. The molecule has 3 atom stereocenters. The largest absolute Gasteiger partial charge is 0.756 e. The second kappa shape index (κ2) is 54.3. The molecule has 0 aliphatic rings. The van der Waals surface area contributed by atoms with Gasteiger partial charge in [0.25, 0.3) is 7.82 Å². The number of quaternary nitrogens is 1. The van der Waals surface area contributed by atoms with E-state index in [1.54, 1.807) is 6.08 Å². The Morgan fingerprint density at radius 1 is 0.472 bits per heavy atom. The number of phosphoric ester groups is 1. The highest BCUT2D eigenvalue weighted by Gasteiger charge is 2.23. The number of phosphoric acid groups is 1. The van der Waals surface area contributed by atoms with Crippen LogP contribution in [0.4, 0.5) is 0 Å². The fraction of sp³-hybridized carbons (Fsp3) is 0.857. The Bertz CT molecular complexity index is 1310. The lowest BCUT2D eigenvalue weighted by Crippen LogP contribution is -2.45. The molecule has 0 rings (SSSR count). The van der Waals surface area contributed by atoms with Crippen LogP contribution >= 0.6 is 7.82 Å². The number of amides is 1. The number of aliphatic hydroxyl groups is 1. The fourth-order valence-corrected chi connectivity index (χ4v) is 9.85. The number of rotatable bonds is 57. The number of unbranched alkanes of at least 4 members (excludes halogenated alkanes) is 38. The molecule has 0 aliphatic carbocycles. The molecular formula is C63H121N2O6P. The number of allylic oxidation sites excluding steroid dienone is 7. The van der Waals surface area contributed by atoms with Gasteiger partial charge in [-0.3, -0.25) is 9.36 Å². The van der Waals surface area contributed by atoms with Crippen molar-refractivity contribution in [2.75, 3.05) is 40.9 Å². The average molecular weight is 1030 g/mol. The molecule has 2 N–H and O–H groups in total. The Labute approximate surface area is 448 Å². The van der Waals surface area contributed by atoms with Crippen molar-refractivity contribution in [2.45, 2.75) is 309 Å². The molecule has 0 aromatic heterocycles. The molecule has 1 amide bonds. The maximum absolute atomic E-state index is 13.0. The highest BCUT2D eigenvalue weighted by Crippen LogP contribution is 2.38. The molecule has 424 valence electrons. The first-order valence-electron chi connectivity index (χ1n) is 31.0. The van der Waals surface area contributed by atoms with Crippen LogP contribution in [-0.2, 0) is 18.4 Å². The lowest BCUT2D eigenvalue weighted by Gasteiger charge is -2.29. The summed E-state index contributed by atoms with van der Waals surface area (Å²) in [6, 6.07) is -0.912. The average Bonchev–Trinajstić information content (AvgIpc) is 3.34. The van der Waals surface area contributed by atoms with Crippen molar-refractivity contribution < 1.29 is 32.9 Å². The molecule has 8 nitrogen and oxygen atoms in total. The molecule has 3 unspecified atom stereocenters. The van der Waals surface area contributed by atoms with E-state index >= 15 is 0 Å². The third-order valence-electron chi connectivity index (χ3n) is 14.0. The van der Waals surface area contributed by atoms with E-state index in [9.17, 15) is 19.4 Å². The lowest BCUT2D eigenvalue weighted by molar-refractivity contribution is -0.870. The number of nitrogens with zero attached hydrogens (tertiary/aromatic N) is 1. The van der Waals surface area contributed by atoms with Gasteiger partial charge >= 0.3 is 0 Å². The predicted molar refractivity (Wildman–Crippen MR) is 311 cm³/mol. The summed E-state index contributed by atoms with van der Waals surface area (Å²) in [5, 5.41) is 13.9. The maximum Gasteiger partial charge on any atom is 0.268 e. The summed E-state index contributed by atoms with van der Waals surface area (Å²) in [7, 11) is 1.24. The molecule has 0 spiro atoms. The van der Waals surface area contributed by atoms with Gasteiger partial charge < -0.3 is 28.8 Å². The van der Waals surface area contributed by atoms with Crippen LogP contribution < -0.4 is 10.2 Å². The lowest BCUT2D eigenvalue weighted by atomic mass is 10.0. The van der Waals surface area contributed by atoms with Crippen LogP contribution in [0.2, 0.25) is 0 Å². The second-order valence-corrected chi connectivity index (χ2v) is 23.8. The standard InChI is InChI=1S/C63H121N2O6P/c1-6-8-10-12-14-16-18-20-22-24-26-28-30-31-32-33-35-36-38-40-42-44-46-48-50-52-54-56-62(66)61(60-71-72(68,69)70-59-58-65(3,4)5)64-63(67)57-55-53-51-49-47-45-43-41-39-37-34-29-27-25-23-21-19-17-15-13-11-9-7-2/h25,27,38,40,46,48,54,56,61-62,66H,6-24,26,28-37,39,41-45,47,49-53,55,57-60H2,1-5H3,(H-,64,67,68,69)/b27-25-,40-38+,48-46+,56-54+. The van der Waals surface area contributed by atoms with Crippen LogP contribution in [-0.4, -0.2) is 68.5 Å². The van der Waals surface area contributed by atoms with E-state index in [0.29, 0.717) is 17.4 Å². The Kier molecular flexibility index (Phi) is 53.1. The van der Waals surface area contributed by atoms with Gasteiger partial charge in [0.15, 0.2) is 0 Å². The van der Waals surface area contributed by atoms with Gasteiger partial charge in [0.1, 0.15) is 13.2 Å². The first-order chi connectivity index (χ1) is 35.0. The van der Waals surface area contributed by atoms with Crippen molar-refractivity contribution in [3.8, 4) is 0 Å². The Hall–Kier alpha value is -1.54. The van der Waals surface area contributed by atoms with Crippen molar-refractivity contribution in [3.05, 3.63) is 48.6 Å². The molecule has 0 bridgehead atoms. The van der Waals surface area contributed by atoms with Crippen molar-refractivity contribution in [2.24, 2.45) is 0 Å². The summed E-state index contributed by atoms with van der Waals surface area (Å²) in [5.41, 5.74) is 0. The zero-order valence-electron chi connectivity index (χ0n) is 48.4. The highest BCUT2D eigenvalue weighted by molar-refractivity contribution is 7.45. The molecule has 9 heteroatoms. The van der Waals surface area contributed by atoms with Crippen LogP contribution in [0.3, 0.4) is 0 Å².